The lowest BCUT2D eigenvalue weighted by molar-refractivity contribution is -0.123. The number of hydrogen-bond donors (Lipinski definition) is 2. The topological polar surface area (TPSA) is 103 Å². The Balaban J connectivity index is 1.89. The van der Waals surface area contributed by atoms with Gasteiger partial charge >= 0.3 is 12.1 Å². The zero-order valence-corrected chi connectivity index (χ0v) is 25.1. The lowest BCUT2D eigenvalue weighted by Gasteiger charge is -2.38. The number of anilines is 1. The molecule has 0 heterocycles. The molecule has 0 aliphatic heterocycles. The number of rotatable bonds is 10. The fraction of sp³-hybridized carbons (Fsp3) is 0.485. The third-order valence-electron chi connectivity index (χ3n) is 7.26. The van der Waals surface area contributed by atoms with Crippen molar-refractivity contribution in [3.8, 4) is 5.75 Å². The highest BCUT2D eigenvalue weighted by molar-refractivity contribution is 6.00. The SMILES string of the molecule is C=CCOC(=O)c1cc(CC)cc(NC(=O)[C@@H]2C[C@H](NC(=O)OC(C)(C)C)[C@@H](C)C[C@H]2C)c1OCc1ccccc1. The van der Waals surface area contributed by atoms with E-state index in [0.29, 0.717) is 18.5 Å². The van der Waals surface area contributed by atoms with Gasteiger partial charge < -0.3 is 24.8 Å². The average Bonchev–Trinajstić information content (AvgIpc) is 2.91. The van der Waals surface area contributed by atoms with Crippen molar-refractivity contribution in [3.63, 3.8) is 0 Å². The van der Waals surface area contributed by atoms with Crippen LogP contribution in [-0.4, -0.2) is 36.2 Å². The molecule has 1 aliphatic rings. The number of amides is 2. The Hall–Kier alpha value is -3.81. The van der Waals surface area contributed by atoms with Crippen LogP contribution in [0.5, 0.6) is 5.75 Å². The van der Waals surface area contributed by atoms with Gasteiger partial charge in [-0.1, -0.05) is 63.8 Å². The van der Waals surface area contributed by atoms with Crippen molar-refractivity contribution in [1.29, 1.82) is 0 Å². The number of ether oxygens (including phenoxy) is 3. The Morgan fingerprint density at radius 1 is 1.02 bits per heavy atom. The zero-order chi connectivity index (χ0) is 30.2. The normalized spacial score (nSPS) is 20.4. The summed E-state index contributed by atoms with van der Waals surface area (Å²) in [5.74, 6) is -0.588. The summed E-state index contributed by atoms with van der Waals surface area (Å²) in [6.45, 7) is 15.4. The highest BCUT2D eigenvalue weighted by atomic mass is 16.6. The Morgan fingerprint density at radius 2 is 1.73 bits per heavy atom. The fourth-order valence-electron chi connectivity index (χ4n) is 5.14. The van der Waals surface area contributed by atoms with E-state index in [1.165, 1.54) is 6.08 Å². The number of carbonyl (C=O) groups excluding carboxylic acids is 3. The van der Waals surface area contributed by atoms with Gasteiger partial charge in [0.25, 0.3) is 0 Å². The van der Waals surface area contributed by atoms with Crippen molar-refractivity contribution in [2.24, 2.45) is 17.8 Å². The first-order valence-corrected chi connectivity index (χ1v) is 14.3. The Morgan fingerprint density at radius 3 is 2.37 bits per heavy atom. The molecule has 0 bridgehead atoms. The van der Waals surface area contributed by atoms with Gasteiger partial charge in [-0.15, -0.1) is 0 Å². The molecule has 2 amide bonds. The molecule has 1 saturated carbocycles. The highest BCUT2D eigenvalue weighted by Gasteiger charge is 2.38. The van der Waals surface area contributed by atoms with Gasteiger partial charge in [0.2, 0.25) is 5.91 Å². The molecule has 8 nitrogen and oxygen atoms in total. The molecule has 3 rings (SSSR count). The molecular weight excluding hydrogens is 520 g/mol. The first-order valence-electron chi connectivity index (χ1n) is 14.3. The van der Waals surface area contributed by atoms with Crippen LogP contribution in [-0.2, 0) is 27.3 Å². The molecule has 1 fully saturated rings. The Bertz CT molecular complexity index is 1220. The smallest absolute Gasteiger partial charge is 0.407 e. The minimum absolute atomic E-state index is 0.0544. The number of alkyl carbamates (subject to hydrolysis) is 1. The van der Waals surface area contributed by atoms with Crippen molar-refractivity contribution in [1.82, 2.24) is 5.32 Å². The quantitative estimate of drug-likeness (QED) is 0.246. The van der Waals surface area contributed by atoms with Crippen LogP contribution in [0.25, 0.3) is 0 Å². The number of aryl methyl sites for hydroxylation is 1. The van der Waals surface area contributed by atoms with E-state index in [0.717, 1.165) is 17.5 Å². The number of benzene rings is 2. The van der Waals surface area contributed by atoms with Crippen LogP contribution in [0.1, 0.15) is 75.9 Å². The van der Waals surface area contributed by atoms with Crippen molar-refractivity contribution in [2.45, 2.75) is 79.1 Å². The number of hydrogen-bond acceptors (Lipinski definition) is 6. The van der Waals surface area contributed by atoms with Gasteiger partial charge in [-0.05, 0) is 75.1 Å². The monoisotopic (exact) mass is 564 g/mol. The van der Waals surface area contributed by atoms with E-state index < -0.39 is 17.7 Å². The van der Waals surface area contributed by atoms with Crippen LogP contribution in [0, 0.1) is 17.8 Å². The molecule has 0 spiro atoms. The van der Waals surface area contributed by atoms with Crippen LogP contribution in [0.3, 0.4) is 0 Å². The average molecular weight is 565 g/mol. The lowest BCUT2D eigenvalue weighted by atomic mass is 9.72. The molecule has 2 aromatic carbocycles. The molecule has 2 aromatic rings. The van der Waals surface area contributed by atoms with Crippen LogP contribution in [0.2, 0.25) is 0 Å². The summed E-state index contributed by atoms with van der Waals surface area (Å²) in [5.41, 5.74) is 1.82. The van der Waals surface area contributed by atoms with E-state index in [-0.39, 0.29) is 54.2 Å². The van der Waals surface area contributed by atoms with Gasteiger partial charge in [-0.3, -0.25) is 4.79 Å². The molecule has 0 aromatic heterocycles. The first kappa shape index (κ1) is 31.7. The van der Waals surface area contributed by atoms with Gasteiger partial charge in [0.15, 0.2) is 5.75 Å². The molecule has 0 unspecified atom stereocenters. The summed E-state index contributed by atoms with van der Waals surface area (Å²) >= 11 is 0. The third kappa shape index (κ3) is 9.10. The molecule has 41 heavy (non-hydrogen) atoms. The summed E-state index contributed by atoms with van der Waals surface area (Å²) < 4.78 is 17.0. The van der Waals surface area contributed by atoms with Crippen molar-refractivity contribution >= 4 is 23.7 Å². The first-order chi connectivity index (χ1) is 19.4. The van der Waals surface area contributed by atoms with E-state index in [4.69, 9.17) is 14.2 Å². The lowest BCUT2D eigenvalue weighted by Crippen LogP contribution is -2.49. The van der Waals surface area contributed by atoms with E-state index in [1.54, 1.807) is 6.07 Å². The summed E-state index contributed by atoms with van der Waals surface area (Å²) in [6.07, 6.45) is 2.89. The van der Waals surface area contributed by atoms with E-state index in [2.05, 4.69) is 31.1 Å². The van der Waals surface area contributed by atoms with Crippen molar-refractivity contribution < 1.29 is 28.6 Å². The molecular formula is C33H44N2O6. The van der Waals surface area contributed by atoms with Crippen molar-refractivity contribution in [2.75, 3.05) is 11.9 Å². The molecule has 1 aliphatic carbocycles. The minimum Gasteiger partial charge on any atom is -0.486 e. The highest BCUT2D eigenvalue weighted by Crippen LogP contribution is 2.37. The van der Waals surface area contributed by atoms with Crippen LogP contribution >= 0.6 is 0 Å². The summed E-state index contributed by atoms with van der Waals surface area (Å²) in [5, 5.41) is 6.04. The predicted octanol–water partition coefficient (Wildman–Crippen LogP) is 6.68. The standard InChI is InChI=1S/C33H44N2O6/c1-8-15-39-31(37)26-17-23(9-2)18-28(29(26)40-20-24-13-11-10-12-14-24)34-30(36)25-19-27(22(4)16-21(25)3)35-32(38)41-33(5,6)7/h8,10-14,17-18,21-22,25,27H,1,9,15-16,19-20H2,2-7H3,(H,34,36)(H,35,38)/t21-,22+,25-,27+/m1/s1. The van der Waals surface area contributed by atoms with Gasteiger partial charge in [-0.25, -0.2) is 9.59 Å². The van der Waals surface area contributed by atoms with Crippen LogP contribution < -0.4 is 15.4 Å². The maximum absolute atomic E-state index is 13.8. The minimum atomic E-state index is -0.614. The number of nitrogens with one attached hydrogen (secondary N) is 2. The predicted molar refractivity (Wildman–Crippen MR) is 160 cm³/mol. The van der Waals surface area contributed by atoms with E-state index >= 15 is 0 Å². The molecule has 0 radical (unpaired) electrons. The zero-order valence-electron chi connectivity index (χ0n) is 25.1. The van der Waals surface area contributed by atoms with Gasteiger partial charge in [0.05, 0.1) is 5.69 Å². The molecule has 222 valence electrons. The Labute approximate surface area is 243 Å². The van der Waals surface area contributed by atoms with E-state index in [9.17, 15) is 14.4 Å². The van der Waals surface area contributed by atoms with Gasteiger partial charge in [-0.2, -0.15) is 0 Å². The molecule has 4 atom stereocenters. The van der Waals surface area contributed by atoms with Gasteiger partial charge in [0, 0.05) is 12.0 Å². The van der Waals surface area contributed by atoms with Crippen LogP contribution in [0.4, 0.5) is 10.5 Å². The molecule has 0 saturated heterocycles. The Kier molecular flexibility index (Phi) is 11.0. The molecule has 2 N–H and O–H groups in total. The van der Waals surface area contributed by atoms with Gasteiger partial charge in [0.1, 0.15) is 24.4 Å². The second-order valence-electron chi connectivity index (χ2n) is 11.8. The summed E-state index contributed by atoms with van der Waals surface area (Å²) in [4.78, 5) is 39.3. The second kappa shape index (κ2) is 14.2. The van der Waals surface area contributed by atoms with Crippen molar-refractivity contribution in [3.05, 3.63) is 71.8 Å². The third-order valence-corrected chi connectivity index (χ3v) is 7.26. The van der Waals surface area contributed by atoms with E-state index in [1.807, 2.05) is 64.1 Å². The molecule has 8 heteroatoms. The maximum atomic E-state index is 13.8. The maximum Gasteiger partial charge on any atom is 0.407 e. The number of carbonyl (C=O) groups is 3. The van der Waals surface area contributed by atoms with Crippen LogP contribution in [0.15, 0.2) is 55.1 Å². The fourth-order valence-corrected chi connectivity index (χ4v) is 5.14. The number of esters is 1. The second-order valence-corrected chi connectivity index (χ2v) is 11.8. The summed E-state index contributed by atoms with van der Waals surface area (Å²) in [6, 6.07) is 13.0. The largest absolute Gasteiger partial charge is 0.486 e. The summed E-state index contributed by atoms with van der Waals surface area (Å²) in [7, 11) is 0.